The molecule has 1 aliphatic heterocycles. The molecule has 4 rings (SSSR count). The van der Waals surface area contributed by atoms with Crippen LogP contribution >= 0.6 is 0 Å². The van der Waals surface area contributed by atoms with Gasteiger partial charge in [0.1, 0.15) is 5.69 Å². The molecule has 0 bridgehead atoms. The van der Waals surface area contributed by atoms with Gasteiger partial charge < -0.3 is 20.2 Å². The van der Waals surface area contributed by atoms with Crippen molar-refractivity contribution < 1.29 is 9.90 Å². The van der Waals surface area contributed by atoms with Crippen molar-refractivity contribution in [2.75, 3.05) is 28.7 Å². The van der Waals surface area contributed by atoms with Gasteiger partial charge in [-0.1, -0.05) is 19.4 Å². The zero-order valence-electron chi connectivity index (χ0n) is 16.1. The number of aromatic nitrogens is 2. The molecule has 0 saturated heterocycles. The number of carbonyl (C=O) groups is 1. The van der Waals surface area contributed by atoms with Gasteiger partial charge in [-0.3, -0.25) is 0 Å². The van der Waals surface area contributed by atoms with Crippen LogP contribution in [0, 0.1) is 0 Å². The number of rotatable bonds is 4. The average molecular weight is 379 g/mol. The Balaban J connectivity index is 1.65. The highest BCUT2D eigenvalue weighted by atomic mass is 16.4. The average Bonchev–Trinajstić information content (AvgIpc) is 3.19. The summed E-state index contributed by atoms with van der Waals surface area (Å²) in [6, 6.07) is 7.09. The molecule has 1 aromatic carbocycles. The Morgan fingerprint density at radius 1 is 1.25 bits per heavy atom. The maximum absolute atomic E-state index is 11.0. The minimum Gasteiger partial charge on any atom is -0.478 e. The van der Waals surface area contributed by atoms with Gasteiger partial charge >= 0.3 is 5.97 Å². The van der Waals surface area contributed by atoms with Crippen LogP contribution in [-0.2, 0) is 0 Å². The predicted molar refractivity (Wildman–Crippen MR) is 110 cm³/mol. The van der Waals surface area contributed by atoms with E-state index in [4.69, 9.17) is 10.1 Å². The third-order valence-electron chi connectivity index (χ3n) is 5.65. The molecule has 0 spiro atoms. The lowest BCUT2D eigenvalue weighted by Gasteiger charge is -2.30. The monoisotopic (exact) mass is 379 g/mol. The van der Waals surface area contributed by atoms with Gasteiger partial charge in [0.25, 0.3) is 0 Å². The number of fused-ring (bicyclic) bond motifs is 1. The van der Waals surface area contributed by atoms with Crippen molar-refractivity contribution in [1.82, 2.24) is 9.97 Å². The molecule has 2 heterocycles. The summed E-state index contributed by atoms with van der Waals surface area (Å²) in [6.45, 7) is 5.12. The molecule has 1 fully saturated rings. The van der Waals surface area contributed by atoms with E-state index in [1.807, 2.05) is 13.2 Å². The Bertz CT molecular complexity index is 890. The van der Waals surface area contributed by atoms with Gasteiger partial charge in [-0.15, -0.1) is 0 Å². The molecule has 1 saturated carbocycles. The fourth-order valence-corrected chi connectivity index (χ4v) is 3.96. The SMILES string of the molecule is C=C1CCN(C2CCCC2)c2nc(Nc3ccc(C(=O)O)cc3)ncc2N1C. The molecule has 0 radical (unpaired) electrons. The second kappa shape index (κ2) is 7.50. The van der Waals surface area contributed by atoms with Gasteiger partial charge in [0.15, 0.2) is 5.82 Å². The number of benzene rings is 1. The van der Waals surface area contributed by atoms with E-state index in [0.29, 0.717) is 12.0 Å². The van der Waals surface area contributed by atoms with Crippen LogP contribution in [-0.4, -0.2) is 40.7 Å². The van der Waals surface area contributed by atoms with Gasteiger partial charge in [0.05, 0.1) is 11.8 Å². The minimum atomic E-state index is -0.941. The van der Waals surface area contributed by atoms with Crippen molar-refractivity contribution >= 4 is 29.1 Å². The van der Waals surface area contributed by atoms with Crippen molar-refractivity contribution in [3.63, 3.8) is 0 Å². The molecule has 28 heavy (non-hydrogen) atoms. The lowest BCUT2D eigenvalue weighted by Crippen LogP contribution is -2.34. The summed E-state index contributed by atoms with van der Waals surface area (Å²) in [5.74, 6) is 0.502. The summed E-state index contributed by atoms with van der Waals surface area (Å²) in [5, 5.41) is 12.2. The molecule has 7 heteroatoms. The summed E-state index contributed by atoms with van der Waals surface area (Å²) in [6.07, 6.45) is 7.66. The number of hydrogen-bond donors (Lipinski definition) is 2. The Labute approximate surface area is 164 Å². The number of carboxylic acids is 1. The summed E-state index contributed by atoms with van der Waals surface area (Å²) in [4.78, 5) is 24.8. The number of carboxylic acid groups (broad SMARTS) is 1. The van der Waals surface area contributed by atoms with Crippen LogP contribution in [0.1, 0.15) is 42.5 Å². The van der Waals surface area contributed by atoms with E-state index >= 15 is 0 Å². The maximum Gasteiger partial charge on any atom is 0.335 e. The fraction of sp³-hybridized carbons (Fsp3) is 0.381. The molecule has 7 nitrogen and oxygen atoms in total. The van der Waals surface area contributed by atoms with Crippen LogP contribution < -0.4 is 15.1 Å². The second-order valence-electron chi connectivity index (χ2n) is 7.42. The van der Waals surface area contributed by atoms with Gasteiger partial charge in [-0.2, -0.15) is 4.98 Å². The highest BCUT2D eigenvalue weighted by molar-refractivity contribution is 5.88. The number of nitrogens with one attached hydrogen (secondary N) is 1. The summed E-state index contributed by atoms with van der Waals surface area (Å²) in [5.41, 5.74) is 3.04. The van der Waals surface area contributed by atoms with Crippen LogP contribution in [0.5, 0.6) is 0 Å². The quantitative estimate of drug-likeness (QED) is 0.830. The molecule has 2 aliphatic rings. The Morgan fingerprint density at radius 3 is 2.64 bits per heavy atom. The first-order valence-electron chi connectivity index (χ1n) is 9.68. The standard InChI is InChI=1S/C21H25N5O2/c1-14-11-12-26(17-5-3-4-6-17)19-18(25(14)2)13-22-21(24-19)23-16-9-7-15(8-10-16)20(27)28/h7-10,13,17H,1,3-6,11-12H2,2H3,(H,27,28)(H,22,23,24). The molecular formula is C21H25N5O2. The molecule has 1 aliphatic carbocycles. The molecule has 0 unspecified atom stereocenters. The van der Waals surface area contributed by atoms with Crippen molar-refractivity contribution in [3.8, 4) is 0 Å². The smallest absolute Gasteiger partial charge is 0.335 e. The number of hydrogen-bond acceptors (Lipinski definition) is 6. The van der Waals surface area contributed by atoms with E-state index in [1.165, 1.54) is 25.7 Å². The first-order valence-corrected chi connectivity index (χ1v) is 9.68. The predicted octanol–water partition coefficient (Wildman–Crippen LogP) is 4.02. The molecule has 1 aromatic heterocycles. The van der Waals surface area contributed by atoms with Gasteiger partial charge in [-0.05, 0) is 37.1 Å². The van der Waals surface area contributed by atoms with Crippen LogP contribution in [0.2, 0.25) is 0 Å². The highest BCUT2D eigenvalue weighted by Crippen LogP contribution is 2.37. The summed E-state index contributed by atoms with van der Waals surface area (Å²) < 4.78 is 0. The van der Waals surface area contributed by atoms with E-state index in [-0.39, 0.29) is 5.56 Å². The normalized spacial score (nSPS) is 17.4. The van der Waals surface area contributed by atoms with Gasteiger partial charge in [-0.25, -0.2) is 9.78 Å². The van der Waals surface area contributed by atoms with Crippen molar-refractivity contribution in [2.45, 2.75) is 38.1 Å². The van der Waals surface area contributed by atoms with E-state index in [1.54, 1.807) is 24.3 Å². The third kappa shape index (κ3) is 3.52. The minimum absolute atomic E-state index is 0.251. The van der Waals surface area contributed by atoms with Crippen LogP contribution in [0.4, 0.5) is 23.1 Å². The molecule has 2 aromatic rings. The largest absolute Gasteiger partial charge is 0.478 e. The van der Waals surface area contributed by atoms with E-state index < -0.39 is 5.97 Å². The second-order valence-corrected chi connectivity index (χ2v) is 7.42. The molecular weight excluding hydrogens is 354 g/mol. The van der Waals surface area contributed by atoms with E-state index in [0.717, 1.165) is 35.9 Å². The third-order valence-corrected chi connectivity index (χ3v) is 5.65. The molecule has 0 atom stereocenters. The van der Waals surface area contributed by atoms with Crippen LogP contribution in [0.15, 0.2) is 42.7 Å². The van der Waals surface area contributed by atoms with Crippen molar-refractivity contribution in [2.24, 2.45) is 0 Å². The Morgan fingerprint density at radius 2 is 1.96 bits per heavy atom. The Kier molecular flexibility index (Phi) is 4.90. The van der Waals surface area contributed by atoms with Crippen LogP contribution in [0.25, 0.3) is 0 Å². The summed E-state index contributed by atoms with van der Waals surface area (Å²) >= 11 is 0. The summed E-state index contributed by atoms with van der Waals surface area (Å²) in [7, 11) is 2.01. The van der Waals surface area contributed by atoms with Gasteiger partial charge in [0, 0.05) is 37.4 Å². The molecule has 0 amide bonds. The first-order chi connectivity index (χ1) is 13.5. The lowest BCUT2D eigenvalue weighted by atomic mass is 10.2. The lowest BCUT2D eigenvalue weighted by molar-refractivity contribution is 0.0697. The first kappa shape index (κ1) is 18.3. The zero-order chi connectivity index (χ0) is 19.7. The number of aromatic carboxylic acids is 1. The number of nitrogens with zero attached hydrogens (tertiary/aromatic N) is 4. The fourth-order valence-electron chi connectivity index (χ4n) is 3.96. The van der Waals surface area contributed by atoms with Crippen molar-refractivity contribution in [1.29, 1.82) is 0 Å². The molecule has 146 valence electrons. The van der Waals surface area contributed by atoms with Gasteiger partial charge in [0.2, 0.25) is 5.95 Å². The van der Waals surface area contributed by atoms with Crippen LogP contribution in [0.3, 0.4) is 0 Å². The maximum atomic E-state index is 11.0. The topological polar surface area (TPSA) is 81.6 Å². The number of anilines is 4. The molecule has 2 N–H and O–H groups in total. The van der Waals surface area contributed by atoms with E-state index in [2.05, 4.69) is 26.7 Å². The Hall–Kier alpha value is -3.09. The highest BCUT2D eigenvalue weighted by Gasteiger charge is 2.30. The zero-order valence-corrected chi connectivity index (χ0v) is 16.1. The van der Waals surface area contributed by atoms with Crippen molar-refractivity contribution in [3.05, 3.63) is 48.3 Å². The van der Waals surface area contributed by atoms with E-state index in [9.17, 15) is 4.79 Å².